The second-order valence-corrected chi connectivity index (χ2v) is 2.92. The van der Waals surface area contributed by atoms with Crippen molar-refractivity contribution in [2.75, 3.05) is 0 Å². The molecule has 0 radical (unpaired) electrons. The van der Waals surface area contributed by atoms with E-state index in [1.165, 1.54) is 6.07 Å². The molecular formula is C9H10FN. The molecule has 1 aliphatic rings. The normalized spacial score (nSPS) is 21.8. The van der Waals surface area contributed by atoms with Crippen LogP contribution in [0.3, 0.4) is 0 Å². The first kappa shape index (κ1) is 6.80. The monoisotopic (exact) mass is 151 g/mol. The van der Waals surface area contributed by atoms with Crippen LogP contribution >= 0.6 is 0 Å². The van der Waals surface area contributed by atoms with E-state index in [2.05, 4.69) is 5.32 Å². The lowest BCUT2D eigenvalue weighted by molar-refractivity contribution is 0.571. The third-order valence-corrected chi connectivity index (χ3v) is 2.17. The molecule has 2 rings (SSSR count). The lowest BCUT2D eigenvalue weighted by Crippen LogP contribution is -2.07. The highest BCUT2D eigenvalue weighted by molar-refractivity contribution is 5.34. The van der Waals surface area contributed by atoms with Gasteiger partial charge in [0.25, 0.3) is 0 Å². The fourth-order valence-corrected chi connectivity index (χ4v) is 1.59. The van der Waals surface area contributed by atoms with Gasteiger partial charge in [-0.1, -0.05) is 12.1 Å². The van der Waals surface area contributed by atoms with Crippen molar-refractivity contribution in [3.05, 3.63) is 35.1 Å². The molecular weight excluding hydrogens is 141 g/mol. The Bertz CT molecular complexity index is 283. The van der Waals surface area contributed by atoms with E-state index in [1.807, 2.05) is 13.0 Å². The van der Waals surface area contributed by atoms with Crippen LogP contribution in [0.4, 0.5) is 4.39 Å². The molecule has 1 aromatic carbocycles. The van der Waals surface area contributed by atoms with Crippen LogP contribution in [0.2, 0.25) is 0 Å². The van der Waals surface area contributed by atoms with E-state index in [9.17, 15) is 4.39 Å². The molecule has 2 heteroatoms. The summed E-state index contributed by atoms with van der Waals surface area (Å²) in [4.78, 5) is 0. The Kier molecular flexibility index (Phi) is 1.43. The van der Waals surface area contributed by atoms with Crippen LogP contribution in [0.1, 0.15) is 24.1 Å². The third kappa shape index (κ3) is 0.942. The topological polar surface area (TPSA) is 12.0 Å². The smallest absolute Gasteiger partial charge is 0.128 e. The van der Waals surface area contributed by atoms with Crippen LogP contribution in [0.15, 0.2) is 18.2 Å². The van der Waals surface area contributed by atoms with Crippen LogP contribution in [0, 0.1) is 5.82 Å². The fourth-order valence-electron chi connectivity index (χ4n) is 1.59. The molecule has 0 bridgehead atoms. The van der Waals surface area contributed by atoms with Gasteiger partial charge in [0, 0.05) is 18.2 Å². The van der Waals surface area contributed by atoms with Crippen molar-refractivity contribution < 1.29 is 4.39 Å². The van der Waals surface area contributed by atoms with Crippen LogP contribution in [-0.2, 0) is 6.54 Å². The molecule has 0 aromatic heterocycles. The molecule has 1 atom stereocenters. The minimum Gasteiger partial charge on any atom is -0.306 e. The maximum atomic E-state index is 13.1. The number of benzene rings is 1. The quantitative estimate of drug-likeness (QED) is 0.598. The summed E-state index contributed by atoms with van der Waals surface area (Å²) in [7, 11) is 0. The van der Waals surface area contributed by atoms with Gasteiger partial charge in [0.15, 0.2) is 0 Å². The molecule has 0 fully saturated rings. The van der Waals surface area contributed by atoms with Crippen LogP contribution in [0.5, 0.6) is 0 Å². The van der Waals surface area contributed by atoms with Crippen molar-refractivity contribution in [3.63, 3.8) is 0 Å². The van der Waals surface area contributed by atoms with Crippen molar-refractivity contribution in [1.82, 2.24) is 5.32 Å². The molecule has 0 saturated heterocycles. The van der Waals surface area contributed by atoms with Gasteiger partial charge in [-0.2, -0.15) is 0 Å². The van der Waals surface area contributed by atoms with Gasteiger partial charge in [-0.05, 0) is 18.6 Å². The van der Waals surface area contributed by atoms with E-state index < -0.39 is 0 Å². The number of nitrogens with one attached hydrogen (secondary N) is 1. The van der Waals surface area contributed by atoms with Gasteiger partial charge < -0.3 is 5.32 Å². The van der Waals surface area contributed by atoms with E-state index in [-0.39, 0.29) is 11.9 Å². The van der Waals surface area contributed by atoms with E-state index in [1.54, 1.807) is 6.07 Å². The van der Waals surface area contributed by atoms with E-state index in [4.69, 9.17) is 0 Å². The fraction of sp³-hybridized carbons (Fsp3) is 0.333. The highest BCUT2D eigenvalue weighted by Crippen LogP contribution is 2.26. The van der Waals surface area contributed by atoms with Gasteiger partial charge in [-0.3, -0.25) is 0 Å². The second kappa shape index (κ2) is 2.31. The molecule has 0 aliphatic carbocycles. The Balaban J connectivity index is 2.58. The average Bonchev–Trinajstić information content (AvgIpc) is 2.34. The maximum Gasteiger partial charge on any atom is 0.128 e. The van der Waals surface area contributed by atoms with Gasteiger partial charge in [0.2, 0.25) is 0 Å². The van der Waals surface area contributed by atoms with Crippen LogP contribution in [0.25, 0.3) is 0 Å². The van der Waals surface area contributed by atoms with Crippen molar-refractivity contribution in [1.29, 1.82) is 0 Å². The molecule has 58 valence electrons. The summed E-state index contributed by atoms with van der Waals surface area (Å²) in [6.45, 7) is 2.78. The Morgan fingerprint density at radius 1 is 1.55 bits per heavy atom. The molecule has 0 spiro atoms. The Hall–Kier alpha value is -0.890. The summed E-state index contributed by atoms with van der Waals surface area (Å²) in [5, 5.41) is 3.19. The Labute approximate surface area is 65.2 Å². The molecule has 0 saturated carbocycles. The molecule has 1 N–H and O–H groups in total. The minimum atomic E-state index is -0.0833. The highest BCUT2D eigenvalue weighted by Gasteiger charge is 2.20. The first-order valence-electron chi connectivity index (χ1n) is 3.79. The standard InChI is InChI=1S/C9H10FN/c1-6-9-7(5-11-6)3-2-4-8(9)10/h2-4,6,11H,5H2,1H3/t6-/m0/s1. The summed E-state index contributed by atoms with van der Waals surface area (Å²) in [6.07, 6.45) is 0. The highest BCUT2D eigenvalue weighted by atomic mass is 19.1. The zero-order valence-corrected chi connectivity index (χ0v) is 6.39. The average molecular weight is 151 g/mol. The molecule has 11 heavy (non-hydrogen) atoms. The SMILES string of the molecule is C[C@@H]1NCc2cccc(F)c21. The summed E-state index contributed by atoms with van der Waals surface area (Å²) in [6, 6.07) is 5.41. The third-order valence-electron chi connectivity index (χ3n) is 2.17. The summed E-state index contributed by atoms with van der Waals surface area (Å²) in [5.74, 6) is -0.0833. The van der Waals surface area contributed by atoms with Crippen LogP contribution in [-0.4, -0.2) is 0 Å². The van der Waals surface area contributed by atoms with E-state index in [0.29, 0.717) is 0 Å². The van der Waals surface area contributed by atoms with Gasteiger partial charge in [-0.25, -0.2) is 4.39 Å². The lowest BCUT2D eigenvalue weighted by Gasteiger charge is -2.04. The van der Waals surface area contributed by atoms with Crippen molar-refractivity contribution in [2.45, 2.75) is 19.5 Å². The molecule has 1 nitrogen and oxygen atoms in total. The van der Waals surface area contributed by atoms with Gasteiger partial charge in [-0.15, -0.1) is 0 Å². The lowest BCUT2D eigenvalue weighted by atomic mass is 10.1. The number of fused-ring (bicyclic) bond motifs is 1. The summed E-state index contributed by atoms with van der Waals surface area (Å²) >= 11 is 0. The summed E-state index contributed by atoms with van der Waals surface area (Å²) in [5.41, 5.74) is 1.94. The molecule has 1 aromatic rings. The van der Waals surface area contributed by atoms with Gasteiger partial charge in [0.05, 0.1) is 0 Å². The second-order valence-electron chi connectivity index (χ2n) is 2.92. The number of hydrogen-bond acceptors (Lipinski definition) is 1. The molecule has 1 aliphatic heterocycles. The summed E-state index contributed by atoms with van der Waals surface area (Å²) < 4.78 is 13.1. The molecule has 1 heterocycles. The van der Waals surface area contributed by atoms with Crippen molar-refractivity contribution in [3.8, 4) is 0 Å². The predicted molar refractivity (Wildman–Crippen MR) is 41.7 cm³/mol. The first-order valence-corrected chi connectivity index (χ1v) is 3.79. The van der Waals surface area contributed by atoms with Gasteiger partial charge in [0.1, 0.15) is 5.82 Å². The van der Waals surface area contributed by atoms with Crippen molar-refractivity contribution >= 4 is 0 Å². The number of halogens is 1. The molecule has 0 unspecified atom stereocenters. The Morgan fingerprint density at radius 2 is 2.36 bits per heavy atom. The van der Waals surface area contributed by atoms with E-state index >= 15 is 0 Å². The van der Waals surface area contributed by atoms with Crippen LogP contribution < -0.4 is 5.32 Å². The zero-order valence-electron chi connectivity index (χ0n) is 6.39. The van der Waals surface area contributed by atoms with Gasteiger partial charge >= 0.3 is 0 Å². The predicted octanol–water partition coefficient (Wildman–Crippen LogP) is 1.99. The Morgan fingerprint density at radius 3 is 3.09 bits per heavy atom. The maximum absolute atomic E-state index is 13.1. The minimum absolute atomic E-state index is 0.0833. The van der Waals surface area contributed by atoms with Crippen molar-refractivity contribution in [2.24, 2.45) is 0 Å². The number of hydrogen-bond donors (Lipinski definition) is 1. The first-order chi connectivity index (χ1) is 5.29. The zero-order chi connectivity index (χ0) is 7.84. The number of rotatable bonds is 0. The van der Waals surface area contributed by atoms with E-state index in [0.717, 1.165) is 17.7 Å². The molecule has 0 amide bonds. The largest absolute Gasteiger partial charge is 0.306 e.